The van der Waals surface area contributed by atoms with E-state index >= 15 is 0 Å². The zero-order chi connectivity index (χ0) is 21.8. The first-order valence-corrected chi connectivity index (χ1v) is 10.4. The molecule has 31 heavy (non-hydrogen) atoms. The second-order valence-electron chi connectivity index (χ2n) is 7.90. The minimum Gasteiger partial charge on any atom is -0.356 e. The van der Waals surface area contributed by atoms with Crippen molar-refractivity contribution in [3.8, 4) is 11.4 Å². The largest absolute Gasteiger partial charge is 0.356 e. The van der Waals surface area contributed by atoms with Gasteiger partial charge in [-0.3, -0.25) is 9.59 Å². The van der Waals surface area contributed by atoms with Crippen LogP contribution in [0.3, 0.4) is 0 Å². The number of carbonyl (C=O) groups is 1. The number of amides is 1. The number of halogens is 2. The van der Waals surface area contributed by atoms with Crippen LogP contribution in [0, 0.1) is 17.6 Å². The number of nitrogens with one attached hydrogen (secondary N) is 2. The monoisotopic (exact) mass is 423 g/mol. The van der Waals surface area contributed by atoms with Crippen molar-refractivity contribution in [1.82, 2.24) is 15.3 Å². The second-order valence-corrected chi connectivity index (χ2v) is 7.90. The first kappa shape index (κ1) is 20.9. The summed E-state index contributed by atoms with van der Waals surface area (Å²) < 4.78 is 26.2. The van der Waals surface area contributed by atoms with E-state index in [0.717, 1.165) is 24.1 Å². The number of aromatic amines is 1. The van der Waals surface area contributed by atoms with E-state index in [1.807, 2.05) is 0 Å². The number of aromatic nitrogens is 2. The van der Waals surface area contributed by atoms with Crippen LogP contribution in [0.4, 0.5) is 8.78 Å². The number of aryl methyl sites for hydroxylation is 1. The molecule has 1 aliphatic rings. The number of H-pyrrole nitrogens is 1. The van der Waals surface area contributed by atoms with Gasteiger partial charge >= 0.3 is 0 Å². The van der Waals surface area contributed by atoms with Gasteiger partial charge in [0.05, 0.1) is 12.1 Å². The second kappa shape index (κ2) is 9.20. The Hall–Kier alpha value is -3.35. The highest BCUT2D eigenvalue weighted by Crippen LogP contribution is 2.23. The standard InChI is InChI=1S/C24H23F2N3O2/c25-18-7-1-15(2-8-18)13-22(30)27-14-16-3-11-20-21(12-4-16)28-23(29-24(20)31)17-5-9-19(26)10-6-17/h1-2,5-10,16H,3-4,11-14H2,(H,27,30)(H,28,29,31). The van der Waals surface area contributed by atoms with E-state index in [-0.39, 0.29) is 35.4 Å². The van der Waals surface area contributed by atoms with Crippen molar-refractivity contribution in [3.05, 3.63) is 87.3 Å². The molecule has 0 radical (unpaired) electrons. The predicted octanol–water partition coefficient (Wildman–Crippen LogP) is 3.57. The van der Waals surface area contributed by atoms with Crippen LogP contribution in [0.25, 0.3) is 11.4 Å². The van der Waals surface area contributed by atoms with Crippen molar-refractivity contribution in [2.45, 2.75) is 32.1 Å². The minimum atomic E-state index is -0.342. The fourth-order valence-electron chi connectivity index (χ4n) is 3.90. The third kappa shape index (κ3) is 5.23. The maximum Gasteiger partial charge on any atom is 0.254 e. The summed E-state index contributed by atoms with van der Waals surface area (Å²) in [5.41, 5.74) is 2.71. The molecule has 0 saturated heterocycles. The molecule has 1 atom stereocenters. The molecular weight excluding hydrogens is 400 g/mol. The molecule has 1 aliphatic carbocycles. The van der Waals surface area contributed by atoms with E-state index in [1.54, 1.807) is 24.3 Å². The summed E-state index contributed by atoms with van der Waals surface area (Å²) >= 11 is 0. The molecule has 1 heterocycles. The fraction of sp³-hybridized carbons (Fsp3) is 0.292. The Morgan fingerprint density at radius 3 is 2.35 bits per heavy atom. The maximum atomic E-state index is 13.2. The molecule has 1 aromatic heterocycles. The maximum absolute atomic E-state index is 13.2. The summed E-state index contributed by atoms with van der Waals surface area (Å²) in [7, 11) is 0. The van der Waals surface area contributed by atoms with E-state index in [1.165, 1.54) is 24.3 Å². The lowest BCUT2D eigenvalue weighted by molar-refractivity contribution is -0.120. The van der Waals surface area contributed by atoms with Crippen molar-refractivity contribution in [2.24, 2.45) is 5.92 Å². The van der Waals surface area contributed by atoms with Crippen LogP contribution in [0.1, 0.15) is 29.7 Å². The number of carbonyl (C=O) groups excluding carboxylic acids is 1. The minimum absolute atomic E-state index is 0.108. The summed E-state index contributed by atoms with van der Waals surface area (Å²) in [6, 6.07) is 11.8. The van der Waals surface area contributed by atoms with Crippen molar-refractivity contribution >= 4 is 5.91 Å². The van der Waals surface area contributed by atoms with Crippen LogP contribution >= 0.6 is 0 Å². The van der Waals surface area contributed by atoms with Crippen molar-refractivity contribution in [2.75, 3.05) is 6.54 Å². The zero-order valence-electron chi connectivity index (χ0n) is 17.0. The predicted molar refractivity (Wildman–Crippen MR) is 113 cm³/mol. The smallest absolute Gasteiger partial charge is 0.254 e. The quantitative estimate of drug-likeness (QED) is 0.616. The lowest BCUT2D eigenvalue weighted by Crippen LogP contribution is -2.30. The number of fused-ring (bicyclic) bond motifs is 1. The number of benzene rings is 2. The van der Waals surface area contributed by atoms with Gasteiger partial charge in [-0.2, -0.15) is 0 Å². The average Bonchev–Trinajstić information content (AvgIpc) is 2.97. The van der Waals surface area contributed by atoms with E-state index < -0.39 is 0 Å². The normalized spacial score (nSPS) is 15.7. The van der Waals surface area contributed by atoms with Gasteiger partial charge in [0.2, 0.25) is 5.91 Å². The van der Waals surface area contributed by atoms with Crippen LogP contribution in [-0.2, 0) is 24.1 Å². The first-order chi connectivity index (χ1) is 15.0. The molecular formula is C24H23F2N3O2. The zero-order valence-corrected chi connectivity index (χ0v) is 17.0. The first-order valence-electron chi connectivity index (χ1n) is 10.4. The molecule has 0 bridgehead atoms. The Kier molecular flexibility index (Phi) is 6.21. The molecule has 1 amide bonds. The summed E-state index contributed by atoms with van der Waals surface area (Å²) in [5, 5.41) is 2.95. The fourth-order valence-corrected chi connectivity index (χ4v) is 3.90. The van der Waals surface area contributed by atoms with E-state index in [2.05, 4.69) is 15.3 Å². The van der Waals surface area contributed by atoms with Crippen LogP contribution in [0.5, 0.6) is 0 Å². The van der Waals surface area contributed by atoms with Gasteiger partial charge in [-0.25, -0.2) is 13.8 Å². The topological polar surface area (TPSA) is 74.8 Å². The van der Waals surface area contributed by atoms with Gasteiger partial charge in [0.15, 0.2) is 0 Å². The molecule has 160 valence electrons. The molecule has 1 unspecified atom stereocenters. The molecule has 7 heteroatoms. The molecule has 0 fully saturated rings. The Labute approximate surface area is 178 Å². The van der Waals surface area contributed by atoms with Gasteiger partial charge in [0, 0.05) is 17.7 Å². The molecule has 4 rings (SSSR count). The SMILES string of the molecule is O=C(Cc1ccc(F)cc1)NCC1CCc2nc(-c3ccc(F)cc3)[nH]c(=O)c2CC1. The van der Waals surface area contributed by atoms with E-state index in [0.29, 0.717) is 36.3 Å². The third-order valence-electron chi connectivity index (χ3n) is 5.68. The molecule has 2 N–H and O–H groups in total. The van der Waals surface area contributed by atoms with Gasteiger partial charge in [0.25, 0.3) is 5.56 Å². The highest BCUT2D eigenvalue weighted by Gasteiger charge is 2.21. The highest BCUT2D eigenvalue weighted by atomic mass is 19.1. The van der Waals surface area contributed by atoms with Crippen molar-refractivity contribution < 1.29 is 13.6 Å². The summed E-state index contributed by atoms with van der Waals surface area (Å²) in [5.74, 6) is -0.101. The van der Waals surface area contributed by atoms with Crippen LogP contribution in [0.15, 0.2) is 53.3 Å². The van der Waals surface area contributed by atoms with Gasteiger partial charge in [-0.1, -0.05) is 12.1 Å². The van der Waals surface area contributed by atoms with Gasteiger partial charge in [-0.15, -0.1) is 0 Å². The molecule has 0 saturated carbocycles. The van der Waals surface area contributed by atoms with Crippen LogP contribution < -0.4 is 10.9 Å². The summed E-state index contributed by atoms with van der Waals surface area (Å²) in [4.78, 5) is 32.3. The van der Waals surface area contributed by atoms with Gasteiger partial charge < -0.3 is 10.3 Å². The highest BCUT2D eigenvalue weighted by molar-refractivity contribution is 5.78. The van der Waals surface area contributed by atoms with Crippen LogP contribution in [0.2, 0.25) is 0 Å². The van der Waals surface area contributed by atoms with E-state index in [9.17, 15) is 18.4 Å². The number of hydrogen-bond acceptors (Lipinski definition) is 3. The Bertz CT molecular complexity index is 1130. The molecule has 2 aromatic carbocycles. The Morgan fingerprint density at radius 2 is 1.65 bits per heavy atom. The summed E-state index contributed by atoms with van der Waals surface area (Å²) in [6.45, 7) is 0.525. The van der Waals surface area contributed by atoms with E-state index in [4.69, 9.17) is 0 Å². The molecule has 0 spiro atoms. The molecule has 0 aliphatic heterocycles. The van der Waals surface area contributed by atoms with Crippen molar-refractivity contribution in [3.63, 3.8) is 0 Å². The number of rotatable bonds is 5. The number of hydrogen-bond donors (Lipinski definition) is 2. The third-order valence-corrected chi connectivity index (χ3v) is 5.68. The molecule has 3 aromatic rings. The van der Waals surface area contributed by atoms with Crippen LogP contribution in [-0.4, -0.2) is 22.4 Å². The lowest BCUT2D eigenvalue weighted by atomic mass is 9.99. The average molecular weight is 423 g/mol. The number of nitrogens with zero attached hydrogens (tertiary/aromatic N) is 1. The lowest BCUT2D eigenvalue weighted by Gasteiger charge is -2.14. The Balaban J connectivity index is 1.38. The molecule has 5 nitrogen and oxygen atoms in total. The Morgan fingerprint density at radius 1 is 1.00 bits per heavy atom. The van der Waals surface area contributed by atoms with Gasteiger partial charge in [0.1, 0.15) is 17.5 Å². The summed E-state index contributed by atoms with van der Waals surface area (Å²) in [6.07, 6.45) is 3.04. The van der Waals surface area contributed by atoms with Crippen molar-refractivity contribution in [1.29, 1.82) is 0 Å². The van der Waals surface area contributed by atoms with Gasteiger partial charge in [-0.05, 0) is 73.6 Å².